The molecule has 0 spiro atoms. The van der Waals surface area contributed by atoms with E-state index in [1.807, 2.05) is 0 Å². The highest BCUT2D eigenvalue weighted by molar-refractivity contribution is 5.60. The van der Waals surface area contributed by atoms with E-state index in [0.717, 1.165) is 6.20 Å². The second kappa shape index (κ2) is 3.98. The lowest BCUT2D eigenvalue weighted by Gasteiger charge is -2.08. The fourth-order valence-electron chi connectivity index (χ4n) is 1.03. The molecule has 0 aliphatic heterocycles. The van der Waals surface area contributed by atoms with E-state index >= 15 is 0 Å². The molecule has 0 saturated heterocycles. The quantitative estimate of drug-likeness (QED) is 0.739. The predicted octanol–water partition coefficient (Wildman–Crippen LogP) is 0.932. The largest absolute Gasteiger partial charge is 0.396 e. The molecule has 0 fully saturated rings. The van der Waals surface area contributed by atoms with Crippen LogP contribution < -0.4 is 11.5 Å². The van der Waals surface area contributed by atoms with Crippen LogP contribution in [0.15, 0.2) is 6.20 Å². The molecule has 0 amide bonds. The third-order valence-electron chi connectivity index (χ3n) is 1.77. The van der Waals surface area contributed by atoms with E-state index in [2.05, 4.69) is 4.98 Å². The van der Waals surface area contributed by atoms with E-state index in [4.69, 9.17) is 16.7 Å². The molecule has 1 rings (SSSR count). The van der Waals surface area contributed by atoms with Crippen LogP contribution in [0.3, 0.4) is 0 Å². The molecule has 1 aromatic rings. The van der Waals surface area contributed by atoms with Crippen LogP contribution >= 0.6 is 0 Å². The van der Waals surface area contributed by atoms with Crippen molar-refractivity contribution >= 4 is 5.69 Å². The highest BCUT2D eigenvalue weighted by Crippen LogP contribution is 2.26. The first-order valence-corrected chi connectivity index (χ1v) is 3.77. The lowest BCUT2D eigenvalue weighted by molar-refractivity contribution is 0.150. The van der Waals surface area contributed by atoms with Gasteiger partial charge in [-0.1, -0.05) is 0 Å². The Bertz CT molecular complexity index is 384. The number of nitrogens with two attached hydrogens (primary N) is 2. The Morgan fingerprint density at radius 3 is 2.64 bits per heavy atom. The summed E-state index contributed by atoms with van der Waals surface area (Å²) in [4.78, 5) is 3.65. The van der Waals surface area contributed by atoms with Crippen LogP contribution in [0.5, 0.6) is 0 Å². The Morgan fingerprint density at radius 2 is 2.21 bits per heavy atom. The second-order valence-corrected chi connectivity index (χ2v) is 2.57. The first-order valence-electron chi connectivity index (χ1n) is 3.77. The average Bonchev–Trinajstić information content (AvgIpc) is 2.17. The summed E-state index contributed by atoms with van der Waals surface area (Å²) in [5, 5.41) is 8.64. The third-order valence-corrected chi connectivity index (χ3v) is 1.77. The Morgan fingerprint density at radius 1 is 1.57 bits per heavy atom. The molecule has 74 valence electrons. The van der Waals surface area contributed by atoms with Crippen LogP contribution in [0, 0.1) is 11.3 Å². The summed E-state index contributed by atoms with van der Waals surface area (Å²) in [5.74, 6) is 0. The zero-order chi connectivity index (χ0) is 10.7. The van der Waals surface area contributed by atoms with Gasteiger partial charge in [0.25, 0.3) is 6.43 Å². The van der Waals surface area contributed by atoms with Crippen LogP contribution in [0.1, 0.15) is 23.2 Å². The maximum Gasteiger partial charge on any atom is 0.266 e. The summed E-state index contributed by atoms with van der Waals surface area (Å²) < 4.78 is 24.7. The number of anilines is 1. The van der Waals surface area contributed by atoms with Crippen LogP contribution in [-0.4, -0.2) is 4.98 Å². The summed E-state index contributed by atoms with van der Waals surface area (Å²) in [6.45, 7) is 0.0179. The minimum Gasteiger partial charge on any atom is -0.396 e. The predicted molar refractivity (Wildman–Crippen MR) is 46.2 cm³/mol. The number of aromatic nitrogens is 1. The highest BCUT2D eigenvalue weighted by atomic mass is 19.3. The monoisotopic (exact) mass is 198 g/mol. The molecule has 0 atom stereocenters. The van der Waals surface area contributed by atoms with Gasteiger partial charge in [0.2, 0.25) is 0 Å². The molecule has 0 radical (unpaired) electrons. The maximum atomic E-state index is 12.4. The Labute approximate surface area is 79.1 Å². The number of rotatable bonds is 2. The molecule has 0 aliphatic rings. The van der Waals surface area contributed by atoms with E-state index in [1.54, 1.807) is 6.07 Å². The van der Waals surface area contributed by atoms with Crippen molar-refractivity contribution in [1.29, 1.82) is 5.26 Å². The van der Waals surface area contributed by atoms with Crippen LogP contribution in [0.4, 0.5) is 14.5 Å². The standard InChI is InChI=1S/C8H8F2N4/c9-8(10)5-3-14-6(2-12)7(13)4(5)1-11/h3,8H,2,12-13H2. The molecule has 4 nitrogen and oxygen atoms in total. The minimum absolute atomic E-state index is 0.0179. The molecule has 0 saturated carbocycles. The van der Waals surface area contributed by atoms with E-state index in [-0.39, 0.29) is 23.5 Å². The van der Waals surface area contributed by atoms with Gasteiger partial charge in [-0.2, -0.15) is 5.26 Å². The van der Waals surface area contributed by atoms with Gasteiger partial charge in [0, 0.05) is 12.7 Å². The Hall–Kier alpha value is -1.74. The molecule has 1 aromatic heterocycles. The molecule has 1 heterocycles. The fraction of sp³-hybridized carbons (Fsp3) is 0.250. The van der Waals surface area contributed by atoms with E-state index < -0.39 is 12.0 Å². The lowest BCUT2D eigenvalue weighted by Crippen LogP contribution is -2.08. The average molecular weight is 198 g/mol. The Balaban J connectivity index is 3.38. The van der Waals surface area contributed by atoms with E-state index in [1.165, 1.54) is 0 Å². The van der Waals surface area contributed by atoms with Crippen molar-refractivity contribution in [3.05, 3.63) is 23.0 Å². The molecule has 0 aromatic carbocycles. The van der Waals surface area contributed by atoms with Gasteiger partial charge in [-0.3, -0.25) is 4.98 Å². The lowest BCUT2D eigenvalue weighted by atomic mass is 10.1. The van der Waals surface area contributed by atoms with Crippen molar-refractivity contribution < 1.29 is 8.78 Å². The van der Waals surface area contributed by atoms with E-state index in [9.17, 15) is 8.78 Å². The second-order valence-electron chi connectivity index (χ2n) is 2.57. The summed E-state index contributed by atoms with van der Waals surface area (Å²) in [5.41, 5.74) is 10.2. The van der Waals surface area contributed by atoms with Crippen LogP contribution in [0.2, 0.25) is 0 Å². The molecule has 6 heteroatoms. The molecular weight excluding hydrogens is 190 g/mol. The first kappa shape index (κ1) is 10.3. The number of hydrogen-bond acceptors (Lipinski definition) is 4. The van der Waals surface area contributed by atoms with Crippen molar-refractivity contribution in [2.75, 3.05) is 5.73 Å². The van der Waals surface area contributed by atoms with Crippen molar-refractivity contribution in [2.24, 2.45) is 5.73 Å². The number of hydrogen-bond donors (Lipinski definition) is 2. The summed E-state index contributed by atoms with van der Waals surface area (Å²) in [6.07, 6.45) is -1.83. The zero-order valence-electron chi connectivity index (χ0n) is 7.17. The number of nitriles is 1. The van der Waals surface area contributed by atoms with Crippen molar-refractivity contribution in [3.63, 3.8) is 0 Å². The Kier molecular flexibility index (Phi) is 2.94. The van der Waals surface area contributed by atoms with Gasteiger partial charge in [-0.25, -0.2) is 8.78 Å². The topological polar surface area (TPSA) is 88.7 Å². The van der Waals surface area contributed by atoms with Gasteiger partial charge in [0.15, 0.2) is 0 Å². The first-order chi connectivity index (χ1) is 6.61. The van der Waals surface area contributed by atoms with Crippen LogP contribution in [0.25, 0.3) is 0 Å². The third kappa shape index (κ3) is 1.63. The fourth-order valence-corrected chi connectivity index (χ4v) is 1.03. The van der Waals surface area contributed by atoms with Gasteiger partial charge in [-0.15, -0.1) is 0 Å². The summed E-state index contributed by atoms with van der Waals surface area (Å²) in [7, 11) is 0. The van der Waals surface area contributed by atoms with Gasteiger partial charge in [0.1, 0.15) is 6.07 Å². The molecule has 14 heavy (non-hydrogen) atoms. The molecule has 0 aliphatic carbocycles. The molecule has 0 unspecified atom stereocenters. The number of pyridine rings is 1. The number of nitrogen functional groups attached to an aromatic ring is 1. The number of alkyl halides is 2. The normalized spacial score (nSPS) is 10.2. The SMILES string of the molecule is N#Cc1c(C(F)F)cnc(CN)c1N. The van der Waals surface area contributed by atoms with Gasteiger partial charge in [0.05, 0.1) is 22.5 Å². The summed E-state index contributed by atoms with van der Waals surface area (Å²) >= 11 is 0. The van der Waals surface area contributed by atoms with Crippen LogP contribution in [-0.2, 0) is 6.54 Å². The minimum atomic E-state index is -2.76. The molecule has 4 N–H and O–H groups in total. The van der Waals surface area contributed by atoms with Crippen molar-refractivity contribution in [2.45, 2.75) is 13.0 Å². The molecule has 0 bridgehead atoms. The zero-order valence-corrected chi connectivity index (χ0v) is 7.17. The maximum absolute atomic E-state index is 12.4. The molecular formula is C8H8F2N4. The summed E-state index contributed by atoms with van der Waals surface area (Å²) in [6, 6.07) is 1.62. The van der Waals surface area contributed by atoms with Crippen molar-refractivity contribution in [1.82, 2.24) is 4.98 Å². The van der Waals surface area contributed by atoms with Crippen molar-refractivity contribution in [3.8, 4) is 6.07 Å². The van der Waals surface area contributed by atoms with E-state index in [0.29, 0.717) is 0 Å². The number of nitrogens with zero attached hydrogens (tertiary/aromatic N) is 2. The van der Waals surface area contributed by atoms with Gasteiger partial charge >= 0.3 is 0 Å². The number of halogens is 2. The smallest absolute Gasteiger partial charge is 0.266 e. The van der Waals surface area contributed by atoms with Gasteiger partial charge in [-0.05, 0) is 0 Å². The van der Waals surface area contributed by atoms with Gasteiger partial charge < -0.3 is 11.5 Å². The highest BCUT2D eigenvalue weighted by Gasteiger charge is 2.17.